The highest BCUT2D eigenvalue weighted by molar-refractivity contribution is 5.85. The van der Waals surface area contributed by atoms with Gasteiger partial charge in [-0.3, -0.25) is 4.57 Å². The Labute approximate surface area is 98.4 Å². The van der Waals surface area contributed by atoms with E-state index in [1.165, 1.54) is 6.33 Å². The molecule has 0 unspecified atom stereocenters. The largest absolute Gasteiger partial charge is 0.283 e. The molecular weight excluding hydrogens is 224 g/mol. The standard InChI is InChI=1S/C11H8N4.ClH/c1-2-4-9(5-3-1)15-8-14-10-6-12-7-13-11(10)15;/h1-8H;1H. The smallest absolute Gasteiger partial charge is 0.167 e. The molecule has 3 rings (SSSR count). The zero-order chi connectivity index (χ0) is 10.1. The van der Waals surface area contributed by atoms with Crippen LogP contribution in [0.5, 0.6) is 0 Å². The third-order valence-corrected chi connectivity index (χ3v) is 2.25. The SMILES string of the molecule is Cl.c1ccc(-n2cnc3cncnc32)cc1. The second kappa shape index (κ2) is 4.28. The van der Waals surface area contributed by atoms with Gasteiger partial charge in [0.2, 0.25) is 0 Å². The molecule has 0 spiro atoms. The van der Waals surface area contributed by atoms with Gasteiger partial charge in [-0.2, -0.15) is 0 Å². The van der Waals surface area contributed by atoms with Crippen molar-refractivity contribution in [2.24, 2.45) is 0 Å². The fourth-order valence-corrected chi connectivity index (χ4v) is 1.54. The molecule has 2 heterocycles. The second-order valence-corrected chi connectivity index (χ2v) is 3.18. The molecule has 1 aromatic carbocycles. The van der Waals surface area contributed by atoms with E-state index >= 15 is 0 Å². The molecule has 0 N–H and O–H groups in total. The summed E-state index contributed by atoms with van der Waals surface area (Å²) in [5.74, 6) is 0. The van der Waals surface area contributed by atoms with Gasteiger partial charge < -0.3 is 0 Å². The van der Waals surface area contributed by atoms with E-state index in [9.17, 15) is 0 Å². The first kappa shape index (κ1) is 10.6. The summed E-state index contributed by atoms with van der Waals surface area (Å²) in [6.07, 6.45) is 5.00. The van der Waals surface area contributed by atoms with Crippen molar-refractivity contribution in [3.05, 3.63) is 49.2 Å². The zero-order valence-corrected chi connectivity index (χ0v) is 9.13. The molecular formula is C11H9ClN4. The fourth-order valence-electron chi connectivity index (χ4n) is 1.54. The predicted molar refractivity (Wildman–Crippen MR) is 63.9 cm³/mol. The highest BCUT2D eigenvalue weighted by Gasteiger charge is 2.03. The van der Waals surface area contributed by atoms with E-state index in [1.807, 2.05) is 34.9 Å². The number of benzene rings is 1. The first-order valence-electron chi connectivity index (χ1n) is 4.63. The maximum atomic E-state index is 4.23. The molecule has 0 saturated heterocycles. The number of halogens is 1. The highest BCUT2D eigenvalue weighted by Crippen LogP contribution is 2.13. The zero-order valence-electron chi connectivity index (χ0n) is 8.32. The number of nitrogens with zero attached hydrogens (tertiary/aromatic N) is 4. The van der Waals surface area contributed by atoms with Crippen LogP contribution < -0.4 is 0 Å². The third-order valence-electron chi connectivity index (χ3n) is 2.25. The van der Waals surface area contributed by atoms with Crippen LogP contribution in [0.2, 0.25) is 0 Å². The Hall–Kier alpha value is -1.94. The molecule has 0 aliphatic rings. The van der Waals surface area contributed by atoms with Crippen molar-refractivity contribution in [2.75, 3.05) is 0 Å². The first-order chi connectivity index (χ1) is 7.45. The Balaban J connectivity index is 0.000000963. The molecule has 0 aliphatic carbocycles. The molecule has 0 saturated carbocycles. The maximum absolute atomic E-state index is 4.23. The molecule has 0 aliphatic heterocycles. The maximum Gasteiger partial charge on any atom is 0.167 e. The number of para-hydroxylation sites is 1. The van der Waals surface area contributed by atoms with Crippen LogP contribution in [0.4, 0.5) is 0 Å². The van der Waals surface area contributed by atoms with Gasteiger partial charge in [-0.15, -0.1) is 12.4 Å². The summed E-state index contributed by atoms with van der Waals surface area (Å²) in [6, 6.07) is 9.99. The van der Waals surface area contributed by atoms with Crippen molar-refractivity contribution >= 4 is 23.6 Å². The van der Waals surface area contributed by atoms with Crippen LogP contribution in [-0.4, -0.2) is 19.5 Å². The van der Waals surface area contributed by atoms with Crippen LogP contribution in [0.3, 0.4) is 0 Å². The van der Waals surface area contributed by atoms with Gasteiger partial charge in [0, 0.05) is 5.69 Å². The Morgan fingerprint density at radius 2 is 1.81 bits per heavy atom. The number of fused-ring (bicyclic) bond motifs is 1. The first-order valence-corrected chi connectivity index (χ1v) is 4.63. The lowest BCUT2D eigenvalue weighted by atomic mass is 10.3. The predicted octanol–water partition coefficient (Wildman–Crippen LogP) is 2.24. The van der Waals surface area contributed by atoms with Crippen LogP contribution in [0.1, 0.15) is 0 Å². The summed E-state index contributed by atoms with van der Waals surface area (Å²) >= 11 is 0. The summed E-state index contributed by atoms with van der Waals surface area (Å²) in [5, 5.41) is 0. The van der Waals surface area contributed by atoms with Crippen molar-refractivity contribution < 1.29 is 0 Å². The van der Waals surface area contributed by atoms with Crippen molar-refractivity contribution in [3.63, 3.8) is 0 Å². The van der Waals surface area contributed by atoms with Crippen molar-refractivity contribution in [1.29, 1.82) is 0 Å². The molecule has 80 valence electrons. The molecule has 0 atom stereocenters. The number of imidazole rings is 1. The third kappa shape index (κ3) is 1.63. The molecule has 2 aromatic heterocycles. The van der Waals surface area contributed by atoms with E-state index in [2.05, 4.69) is 15.0 Å². The lowest BCUT2D eigenvalue weighted by Gasteiger charge is -2.01. The molecule has 5 heteroatoms. The van der Waals surface area contributed by atoms with Gasteiger partial charge >= 0.3 is 0 Å². The minimum Gasteiger partial charge on any atom is -0.283 e. The van der Waals surface area contributed by atoms with E-state index in [0.717, 1.165) is 16.9 Å². The Morgan fingerprint density at radius 1 is 1.00 bits per heavy atom. The minimum absolute atomic E-state index is 0. The van der Waals surface area contributed by atoms with Gasteiger partial charge in [0.1, 0.15) is 18.2 Å². The molecule has 3 aromatic rings. The van der Waals surface area contributed by atoms with E-state index < -0.39 is 0 Å². The quantitative estimate of drug-likeness (QED) is 0.646. The summed E-state index contributed by atoms with van der Waals surface area (Å²) in [7, 11) is 0. The summed E-state index contributed by atoms with van der Waals surface area (Å²) in [5.41, 5.74) is 2.69. The fraction of sp³-hybridized carbons (Fsp3) is 0. The number of rotatable bonds is 1. The van der Waals surface area contributed by atoms with Gasteiger partial charge in [0.05, 0.1) is 6.20 Å². The molecule has 4 nitrogen and oxygen atoms in total. The van der Waals surface area contributed by atoms with Gasteiger partial charge in [0.25, 0.3) is 0 Å². The molecule has 0 amide bonds. The lowest BCUT2D eigenvalue weighted by Crippen LogP contribution is -1.92. The van der Waals surface area contributed by atoms with E-state index in [1.54, 1.807) is 12.5 Å². The summed E-state index contributed by atoms with van der Waals surface area (Å²) in [4.78, 5) is 12.4. The van der Waals surface area contributed by atoms with Crippen molar-refractivity contribution in [2.45, 2.75) is 0 Å². The molecule has 0 bridgehead atoms. The van der Waals surface area contributed by atoms with Crippen LogP contribution >= 0.6 is 12.4 Å². The Kier molecular flexibility index (Phi) is 2.83. The van der Waals surface area contributed by atoms with Gasteiger partial charge in [-0.1, -0.05) is 18.2 Å². The van der Waals surface area contributed by atoms with E-state index in [4.69, 9.17) is 0 Å². The van der Waals surface area contributed by atoms with Crippen LogP contribution in [0.15, 0.2) is 49.2 Å². The Morgan fingerprint density at radius 3 is 2.62 bits per heavy atom. The Bertz CT molecular complexity index is 591. The van der Waals surface area contributed by atoms with Gasteiger partial charge in [-0.05, 0) is 12.1 Å². The van der Waals surface area contributed by atoms with Gasteiger partial charge in [0.15, 0.2) is 5.65 Å². The average Bonchev–Trinajstić information content (AvgIpc) is 2.74. The van der Waals surface area contributed by atoms with E-state index in [0.29, 0.717) is 0 Å². The molecule has 16 heavy (non-hydrogen) atoms. The lowest BCUT2D eigenvalue weighted by molar-refractivity contribution is 1.06. The second-order valence-electron chi connectivity index (χ2n) is 3.18. The normalized spacial score (nSPS) is 10.0. The highest BCUT2D eigenvalue weighted by atomic mass is 35.5. The summed E-state index contributed by atoms with van der Waals surface area (Å²) in [6.45, 7) is 0. The molecule has 0 radical (unpaired) electrons. The topological polar surface area (TPSA) is 43.6 Å². The number of aromatic nitrogens is 4. The van der Waals surface area contributed by atoms with Crippen molar-refractivity contribution in [3.8, 4) is 5.69 Å². The average molecular weight is 233 g/mol. The van der Waals surface area contributed by atoms with Crippen LogP contribution in [-0.2, 0) is 0 Å². The number of hydrogen-bond acceptors (Lipinski definition) is 3. The molecule has 0 fully saturated rings. The van der Waals surface area contributed by atoms with Gasteiger partial charge in [-0.25, -0.2) is 15.0 Å². The summed E-state index contributed by atoms with van der Waals surface area (Å²) < 4.78 is 1.94. The monoisotopic (exact) mass is 232 g/mol. The van der Waals surface area contributed by atoms with E-state index in [-0.39, 0.29) is 12.4 Å². The van der Waals surface area contributed by atoms with Crippen molar-refractivity contribution in [1.82, 2.24) is 19.5 Å². The minimum atomic E-state index is 0. The van der Waals surface area contributed by atoms with Crippen LogP contribution in [0.25, 0.3) is 16.9 Å². The van der Waals surface area contributed by atoms with Crippen LogP contribution in [0, 0.1) is 0 Å². The number of hydrogen-bond donors (Lipinski definition) is 0.